The minimum Gasteiger partial charge on any atom is -0.497 e. The van der Waals surface area contributed by atoms with Crippen molar-refractivity contribution in [2.24, 2.45) is 0 Å². The molecule has 0 atom stereocenters. The average Bonchev–Trinajstić information content (AvgIpc) is 3.21. The normalized spacial score (nSPS) is 10.9. The van der Waals surface area contributed by atoms with Gasteiger partial charge in [-0.25, -0.2) is 9.37 Å². The molecular weight excluding hydrogens is 391 g/mol. The lowest BCUT2D eigenvalue weighted by Crippen LogP contribution is -2.23. The summed E-state index contributed by atoms with van der Waals surface area (Å²) < 4.78 is 23.7. The van der Waals surface area contributed by atoms with E-state index in [1.807, 2.05) is 29.6 Å². The summed E-state index contributed by atoms with van der Waals surface area (Å²) >= 11 is 1.56. The zero-order chi connectivity index (χ0) is 20.6. The molecule has 1 amide bonds. The number of aromatic nitrogens is 1. The minimum atomic E-state index is -0.466. The Morgan fingerprint density at radius 1 is 1.17 bits per heavy atom. The summed E-state index contributed by atoms with van der Waals surface area (Å²) in [5.41, 5.74) is 2.51. The van der Waals surface area contributed by atoms with E-state index in [0.717, 1.165) is 22.0 Å². The molecule has 0 unspecified atom stereocenters. The molecule has 0 saturated carbocycles. The van der Waals surface area contributed by atoms with Crippen LogP contribution >= 0.6 is 11.3 Å². The Balaban J connectivity index is 1.49. The Kier molecular flexibility index (Phi) is 6.97. The summed E-state index contributed by atoms with van der Waals surface area (Å²) in [7, 11) is 3.04. The second-order valence-electron chi connectivity index (χ2n) is 6.12. The first-order chi connectivity index (χ1) is 14.1. The maximum Gasteiger partial charge on any atom is 0.244 e. The number of methoxy groups -OCH3 is 2. The molecule has 3 rings (SSSR count). The standard InChI is InChI=1S/C22H21FN2O3S/c1-27-17-7-5-16(6-8-17)19-14-29-22(25-19)11-12-24-21(26)10-4-15-3-9-20(28-2)18(23)13-15/h3-10,13-14H,11-12H2,1-2H3,(H,24,26)/b10-4-. The Bertz CT molecular complexity index is 1000. The SMILES string of the molecule is COc1ccc(-c2csc(CCNC(=O)/C=C\c3ccc(OC)c(F)c3)n2)cc1. The number of hydrogen-bond donors (Lipinski definition) is 1. The van der Waals surface area contributed by atoms with E-state index < -0.39 is 5.82 Å². The molecule has 1 aromatic heterocycles. The van der Waals surface area contributed by atoms with Gasteiger partial charge in [-0.1, -0.05) is 6.07 Å². The van der Waals surface area contributed by atoms with Crippen LogP contribution in [0.15, 0.2) is 53.9 Å². The summed E-state index contributed by atoms with van der Waals surface area (Å²) in [5.74, 6) is 0.265. The highest BCUT2D eigenvalue weighted by molar-refractivity contribution is 7.09. The van der Waals surface area contributed by atoms with E-state index in [1.54, 1.807) is 30.6 Å². The van der Waals surface area contributed by atoms with Gasteiger partial charge in [0.2, 0.25) is 5.91 Å². The zero-order valence-electron chi connectivity index (χ0n) is 16.1. The lowest BCUT2D eigenvalue weighted by molar-refractivity contribution is -0.116. The number of ether oxygens (including phenoxy) is 2. The molecule has 0 radical (unpaired) electrons. The molecule has 1 N–H and O–H groups in total. The first-order valence-corrected chi connectivity index (χ1v) is 9.85. The fourth-order valence-corrected chi connectivity index (χ4v) is 3.44. The molecule has 29 heavy (non-hydrogen) atoms. The number of benzene rings is 2. The van der Waals surface area contributed by atoms with Gasteiger partial charge in [-0.15, -0.1) is 11.3 Å². The molecule has 0 aliphatic rings. The van der Waals surface area contributed by atoms with Crippen LogP contribution in [0.4, 0.5) is 4.39 Å². The van der Waals surface area contributed by atoms with E-state index in [9.17, 15) is 9.18 Å². The van der Waals surface area contributed by atoms with Crippen molar-refractivity contribution in [1.82, 2.24) is 10.3 Å². The highest BCUT2D eigenvalue weighted by Crippen LogP contribution is 2.24. The van der Waals surface area contributed by atoms with Gasteiger partial charge in [0.05, 0.1) is 24.9 Å². The number of nitrogens with zero attached hydrogens (tertiary/aromatic N) is 1. The third kappa shape index (κ3) is 5.65. The van der Waals surface area contributed by atoms with Crippen molar-refractivity contribution in [3.05, 3.63) is 70.3 Å². The molecule has 3 aromatic rings. The van der Waals surface area contributed by atoms with E-state index in [2.05, 4.69) is 10.3 Å². The van der Waals surface area contributed by atoms with Crippen LogP contribution in [0.1, 0.15) is 10.6 Å². The lowest BCUT2D eigenvalue weighted by atomic mass is 10.2. The number of amides is 1. The van der Waals surface area contributed by atoms with E-state index in [0.29, 0.717) is 18.5 Å². The summed E-state index contributed by atoms with van der Waals surface area (Å²) in [6.07, 6.45) is 3.58. The molecule has 1 heterocycles. The molecule has 0 fully saturated rings. The molecule has 7 heteroatoms. The summed E-state index contributed by atoms with van der Waals surface area (Å²) in [5, 5.41) is 5.75. The Hall–Kier alpha value is -3.19. The van der Waals surface area contributed by atoms with Crippen LogP contribution in [-0.4, -0.2) is 31.7 Å². The second kappa shape index (κ2) is 9.84. The fraction of sp³-hybridized carbons (Fsp3) is 0.182. The first kappa shape index (κ1) is 20.5. The minimum absolute atomic E-state index is 0.170. The molecule has 0 aliphatic carbocycles. The van der Waals surface area contributed by atoms with Crippen molar-refractivity contribution in [3.8, 4) is 22.8 Å². The zero-order valence-corrected chi connectivity index (χ0v) is 17.0. The van der Waals surface area contributed by atoms with Crippen LogP contribution in [-0.2, 0) is 11.2 Å². The van der Waals surface area contributed by atoms with Crippen molar-refractivity contribution in [2.45, 2.75) is 6.42 Å². The van der Waals surface area contributed by atoms with Crippen molar-refractivity contribution in [3.63, 3.8) is 0 Å². The van der Waals surface area contributed by atoms with E-state index in [-0.39, 0.29) is 11.7 Å². The van der Waals surface area contributed by atoms with Crippen LogP contribution in [0, 0.1) is 5.82 Å². The Morgan fingerprint density at radius 2 is 1.97 bits per heavy atom. The number of nitrogens with one attached hydrogen (secondary N) is 1. The Labute approximate surface area is 172 Å². The fourth-order valence-electron chi connectivity index (χ4n) is 2.63. The molecule has 0 aliphatic heterocycles. The molecule has 0 bridgehead atoms. The van der Waals surface area contributed by atoms with Gasteiger partial charge in [0.25, 0.3) is 0 Å². The lowest BCUT2D eigenvalue weighted by Gasteiger charge is -2.02. The molecule has 150 valence electrons. The van der Waals surface area contributed by atoms with Crippen molar-refractivity contribution < 1.29 is 18.7 Å². The second-order valence-corrected chi connectivity index (χ2v) is 7.07. The van der Waals surface area contributed by atoms with Gasteiger partial charge < -0.3 is 14.8 Å². The Morgan fingerprint density at radius 3 is 2.66 bits per heavy atom. The van der Waals surface area contributed by atoms with Gasteiger partial charge >= 0.3 is 0 Å². The van der Waals surface area contributed by atoms with Gasteiger partial charge in [0, 0.05) is 30.0 Å². The van der Waals surface area contributed by atoms with Gasteiger partial charge in [0.1, 0.15) is 5.75 Å². The van der Waals surface area contributed by atoms with Gasteiger partial charge in [-0.3, -0.25) is 4.79 Å². The monoisotopic (exact) mass is 412 g/mol. The predicted molar refractivity (Wildman–Crippen MR) is 113 cm³/mol. The third-order valence-electron chi connectivity index (χ3n) is 4.18. The van der Waals surface area contributed by atoms with Crippen LogP contribution in [0.2, 0.25) is 0 Å². The summed E-state index contributed by atoms with van der Waals surface area (Å²) in [4.78, 5) is 16.6. The smallest absolute Gasteiger partial charge is 0.244 e. The van der Waals surface area contributed by atoms with Crippen molar-refractivity contribution in [1.29, 1.82) is 0 Å². The highest BCUT2D eigenvalue weighted by Gasteiger charge is 2.06. The number of carbonyl (C=O) groups is 1. The first-order valence-electron chi connectivity index (χ1n) is 8.97. The van der Waals surface area contributed by atoms with Gasteiger partial charge in [0.15, 0.2) is 11.6 Å². The van der Waals surface area contributed by atoms with Crippen LogP contribution < -0.4 is 14.8 Å². The molecular formula is C22H21FN2O3S. The number of rotatable bonds is 8. The average molecular weight is 412 g/mol. The maximum absolute atomic E-state index is 13.7. The molecule has 2 aromatic carbocycles. The van der Waals surface area contributed by atoms with E-state index in [1.165, 1.54) is 25.3 Å². The topological polar surface area (TPSA) is 60.5 Å². The largest absolute Gasteiger partial charge is 0.497 e. The van der Waals surface area contributed by atoms with E-state index in [4.69, 9.17) is 9.47 Å². The number of hydrogen-bond acceptors (Lipinski definition) is 5. The van der Waals surface area contributed by atoms with Gasteiger partial charge in [-0.05, 0) is 48.0 Å². The third-order valence-corrected chi connectivity index (χ3v) is 5.09. The number of halogens is 1. The predicted octanol–water partition coefficient (Wildman–Crippen LogP) is 4.34. The maximum atomic E-state index is 13.7. The van der Waals surface area contributed by atoms with Crippen LogP contribution in [0.5, 0.6) is 11.5 Å². The number of thiazole rings is 1. The highest BCUT2D eigenvalue weighted by atomic mass is 32.1. The van der Waals surface area contributed by atoms with Crippen LogP contribution in [0.3, 0.4) is 0 Å². The summed E-state index contributed by atoms with van der Waals surface area (Å²) in [6.45, 7) is 0.468. The van der Waals surface area contributed by atoms with Crippen molar-refractivity contribution >= 4 is 23.3 Å². The van der Waals surface area contributed by atoms with E-state index >= 15 is 0 Å². The van der Waals surface area contributed by atoms with Crippen molar-refractivity contribution in [2.75, 3.05) is 20.8 Å². The quantitative estimate of drug-likeness (QED) is 0.559. The molecule has 0 spiro atoms. The molecule has 5 nitrogen and oxygen atoms in total. The van der Waals surface area contributed by atoms with Gasteiger partial charge in [-0.2, -0.15) is 0 Å². The summed E-state index contributed by atoms with van der Waals surface area (Å²) in [6, 6.07) is 12.3. The van der Waals surface area contributed by atoms with Crippen LogP contribution in [0.25, 0.3) is 17.3 Å². The molecule has 0 saturated heterocycles. The number of carbonyl (C=O) groups excluding carboxylic acids is 1.